The summed E-state index contributed by atoms with van der Waals surface area (Å²) in [6.45, 7) is 0.845. The van der Waals surface area contributed by atoms with Gasteiger partial charge in [-0.1, -0.05) is 21.6 Å². The van der Waals surface area contributed by atoms with Crippen molar-refractivity contribution in [3.63, 3.8) is 0 Å². The van der Waals surface area contributed by atoms with Gasteiger partial charge in [-0.25, -0.2) is 0 Å². The van der Waals surface area contributed by atoms with Gasteiger partial charge in [-0.3, -0.25) is 9.59 Å². The molecule has 0 aliphatic rings. The van der Waals surface area contributed by atoms with Crippen LogP contribution in [0, 0.1) is 0 Å². The number of carboxylic acids is 2. The van der Waals surface area contributed by atoms with Crippen molar-refractivity contribution in [3.05, 3.63) is 0 Å². The highest BCUT2D eigenvalue weighted by Crippen LogP contribution is 2.36. The Kier molecular flexibility index (Phi) is 10.2. The summed E-state index contributed by atoms with van der Waals surface area (Å²) in [5.41, 5.74) is 10.8. The maximum Gasteiger partial charge on any atom is 0.304 e. The summed E-state index contributed by atoms with van der Waals surface area (Å²) < 4.78 is 0. The highest BCUT2D eigenvalue weighted by atomic mass is 33.1. The first-order valence-corrected chi connectivity index (χ1v) is 7.93. The standard InChI is InChI=1S/C10H20N2O4S2/c11-3-1-7(5-9(13)14)17-18-8(2-4-12)6-10(15)16/h7-8H,1-6,11-12H2,(H,13,14)(H,15,16). The Bertz CT molecular complexity index is 240. The van der Waals surface area contributed by atoms with E-state index in [0.29, 0.717) is 25.9 Å². The second-order valence-corrected chi connectivity index (χ2v) is 6.66. The van der Waals surface area contributed by atoms with Crippen LogP contribution in [-0.4, -0.2) is 45.7 Å². The number of carboxylic acid groups (broad SMARTS) is 2. The van der Waals surface area contributed by atoms with Gasteiger partial charge >= 0.3 is 11.9 Å². The van der Waals surface area contributed by atoms with E-state index in [9.17, 15) is 9.59 Å². The molecule has 0 bridgehead atoms. The van der Waals surface area contributed by atoms with Crippen molar-refractivity contribution in [2.45, 2.75) is 36.2 Å². The maximum atomic E-state index is 10.7. The molecule has 106 valence electrons. The van der Waals surface area contributed by atoms with Crippen LogP contribution in [0.3, 0.4) is 0 Å². The van der Waals surface area contributed by atoms with Crippen molar-refractivity contribution < 1.29 is 19.8 Å². The predicted molar refractivity (Wildman–Crippen MR) is 74.6 cm³/mol. The third kappa shape index (κ3) is 9.58. The molecule has 0 saturated heterocycles. The second-order valence-electron chi connectivity index (χ2n) is 3.79. The molecule has 6 nitrogen and oxygen atoms in total. The monoisotopic (exact) mass is 296 g/mol. The zero-order valence-corrected chi connectivity index (χ0v) is 11.7. The molecular formula is C10H20N2O4S2. The molecule has 0 aliphatic heterocycles. The minimum Gasteiger partial charge on any atom is -0.481 e. The summed E-state index contributed by atoms with van der Waals surface area (Å²) in [4.78, 5) is 21.3. The summed E-state index contributed by atoms with van der Waals surface area (Å²) in [6, 6.07) is 0. The molecule has 18 heavy (non-hydrogen) atoms. The lowest BCUT2D eigenvalue weighted by Crippen LogP contribution is -2.17. The van der Waals surface area contributed by atoms with E-state index in [1.165, 1.54) is 21.6 Å². The molecule has 0 rings (SSSR count). The van der Waals surface area contributed by atoms with Crippen molar-refractivity contribution in [3.8, 4) is 0 Å². The highest BCUT2D eigenvalue weighted by Gasteiger charge is 2.18. The first kappa shape index (κ1) is 17.6. The molecule has 0 aliphatic carbocycles. The van der Waals surface area contributed by atoms with Gasteiger partial charge in [0.1, 0.15) is 0 Å². The smallest absolute Gasteiger partial charge is 0.304 e. The lowest BCUT2D eigenvalue weighted by Gasteiger charge is -2.17. The molecule has 0 radical (unpaired) electrons. The van der Waals surface area contributed by atoms with Crippen molar-refractivity contribution in [2.75, 3.05) is 13.1 Å². The van der Waals surface area contributed by atoms with E-state index >= 15 is 0 Å². The summed E-state index contributed by atoms with van der Waals surface area (Å²) in [5, 5.41) is 17.3. The number of nitrogens with two attached hydrogens (primary N) is 2. The Hall–Kier alpha value is -0.440. The molecule has 0 aromatic rings. The first-order valence-electron chi connectivity index (χ1n) is 5.65. The molecule has 0 aromatic carbocycles. The molecule has 0 aromatic heterocycles. The molecule has 0 heterocycles. The fourth-order valence-electron chi connectivity index (χ4n) is 1.29. The second kappa shape index (κ2) is 10.5. The average molecular weight is 296 g/mol. The van der Waals surface area contributed by atoms with Crippen LogP contribution in [0.4, 0.5) is 0 Å². The fraction of sp³-hybridized carbons (Fsp3) is 0.800. The quantitative estimate of drug-likeness (QED) is 0.411. The van der Waals surface area contributed by atoms with E-state index < -0.39 is 11.9 Å². The highest BCUT2D eigenvalue weighted by molar-refractivity contribution is 8.77. The van der Waals surface area contributed by atoms with Gasteiger partial charge in [0.05, 0.1) is 12.8 Å². The summed E-state index contributed by atoms with van der Waals surface area (Å²) >= 11 is 0. The number of hydrogen-bond acceptors (Lipinski definition) is 6. The molecule has 0 fully saturated rings. The number of aliphatic carboxylic acids is 2. The molecule has 2 unspecified atom stereocenters. The van der Waals surface area contributed by atoms with E-state index in [4.69, 9.17) is 21.7 Å². The molecule has 0 amide bonds. The van der Waals surface area contributed by atoms with E-state index in [1.807, 2.05) is 0 Å². The molecule has 2 atom stereocenters. The number of carbonyl (C=O) groups is 2. The fourth-order valence-corrected chi connectivity index (χ4v) is 4.42. The molecule has 0 saturated carbocycles. The first-order chi connectivity index (χ1) is 8.49. The van der Waals surface area contributed by atoms with Gasteiger partial charge in [0.15, 0.2) is 0 Å². The van der Waals surface area contributed by atoms with Gasteiger partial charge in [0.25, 0.3) is 0 Å². The molecule has 8 heteroatoms. The van der Waals surface area contributed by atoms with Crippen LogP contribution in [0.5, 0.6) is 0 Å². The van der Waals surface area contributed by atoms with E-state index in [2.05, 4.69) is 0 Å². The van der Waals surface area contributed by atoms with Crippen LogP contribution in [0.2, 0.25) is 0 Å². The van der Waals surface area contributed by atoms with Gasteiger partial charge in [-0.15, -0.1) is 0 Å². The topological polar surface area (TPSA) is 127 Å². The van der Waals surface area contributed by atoms with Crippen molar-refractivity contribution >= 4 is 33.5 Å². The van der Waals surface area contributed by atoms with Crippen LogP contribution in [0.15, 0.2) is 0 Å². The van der Waals surface area contributed by atoms with Gasteiger partial charge in [-0.05, 0) is 25.9 Å². The average Bonchev–Trinajstić information content (AvgIpc) is 2.24. The Morgan fingerprint density at radius 2 is 1.22 bits per heavy atom. The van der Waals surface area contributed by atoms with Crippen LogP contribution < -0.4 is 11.5 Å². The minimum absolute atomic E-state index is 0.0390. The van der Waals surface area contributed by atoms with E-state index in [1.54, 1.807) is 0 Å². The number of hydrogen-bond donors (Lipinski definition) is 4. The normalized spacial score (nSPS) is 14.1. The van der Waals surface area contributed by atoms with E-state index in [0.717, 1.165) is 0 Å². The van der Waals surface area contributed by atoms with Gasteiger partial charge < -0.3 is 21.7 Å². The maximum absolute atomic E-state index is 10.7. The largest absolute Gasteiger partial charge is 0.481 e. The van der Waals surface area contributed by atoms with Crippen molar-refractivity contribution in [1.29, 1.82) is 0 Å². The molecule has 6 N–H and O–H groups in total. The third-order valence-corrected chi connectivity index (χ3v) is 5.54. The van der Waals surface area contributed by atoms with Gasteiger partial charge in [-0.2, -0.15) is 0 Å². The zero-order valence-electron chi connectivity index (χ0n) is 10.1. The minimum atomic E-state index is -0.866. The van der Waals surface area contributed by atoms with Gasteiger partial charge in [0, 0.05) is 10.5 Å². The Morgan fingerprint density at radius 1 is 0.889 bits per heavy atom. The summed E-state index contributed by atoms with van der Waals surface area (Å²) in [7, 11) is 2.80. The van der Waals surface area contributed by atoms with Crippen LogP contribution in [0.1, 0.15) is 25.7 Å². The molecule has 0 spiro atoms. The third-order valence-electron chi connectivity index (χ3n) is 2.11. The van der Waals surface area contributed by atoms with Crippen LogP contribution in [0.25, 0.3) is 0 Å². The zero-order chi connectivity index (χ0) is 14.0. The van der Waals surface area contributed by atoms with Crippen molar-refractivity contribution in [2.24, 2.45) is 11.5 Å². The van der Waals surface area contributed by atoms with Crippen LogP contribution >= 0.6 is 21.6 Å². The Morgan fingerprint density at radius 3 is 1.44 bits per heavy atom. The number of rotatable bonds is 11. The van der Waals surface area contributed by atoms with Crippen LogP contribution in [-0.2, 0) is 9.59 Å². The van der Waals surface area contributed by atoms with Gasteiger partial charge in [0.2, 0.25) is 0 Å². The lowest BCUT2D eigenvalue weighted by molar-refractivity contribution is -0.138. The lowest BCUT2D eigenvalue weighted by atomic mass is 10.2. The summed E-state index contributed by atoms with van der Waals surface area (Å²) in [5.74, 6) is -1.73. The summed E-state index contributed by atoms with van der Waals surface area (Å²) in [6.07, 6.45) is 1.29. The Balaban J connectivity index is 4.16. The SMILES string of the molecule is NCCC(CC(=O)O)SSC(CCN)CC(=O)O. The predicted octanol–water partition coefficient (Wildman–Crippen LogP) is 0.752. The van der Waals surface area contributed by atoms with E-state index in [-0.39, 0.29) is 23.3 Å². The Labute approximate surface area is 114 Å². The molecular weight excluding hydrogens is 276 g/mol. The van der Waals surface area contributed by atoms with Crippen molar-refractivity contribution in [1.82, 2.24) is 0 Å².